The first-order chi connectivity index (χ1) is 9.59. The van der Waals surface area contributed by atoms with Crippen LogP contribution in [0.4, 0.5) is 5.69 Å². The van der Waals surface area contributed by atoms with E-state index in [4.69, 9.17) is 4.42 Å². The molecule has 0 unspecified atom stereocenters. The summed E-state index contributed by atoms with van der Waals surface area (Å²) < 4.78 is 5.20. The molecule has 1 heterocycles. The van der Waals surface area contributed by atoms with Gasteiger partial charge in [-0.3, -0.25) is 0 Å². The van der Waals surface area contributed by atoms with Crippen LogP contribution in [0, 0.1) is 0 Å². The number of anilines is 1. The van der Waals surface area contributed by atoms with Crippen LogP contribution < -0.4 is 10.2 Å². The number of aliphatic hydroxyl groups is 1. The van der Waals surface area contributed by atoms with Crippen molar-refractivity contribution in [2.24, 2.45) is 0 Å². The molecule has 2 N–H and O–H groups in total. The lowest BCUT2D eigenvalue weighted by atomic mass is 10.1. The Kier molecular flexibility index (Phi) is 4.82. The van der Waals surface area contributed by atoms with Crippen molar-refractivity contribution in [2.45, 2.75) is 19.1 Å². The zero-order valence-corrected chi connectivity index (χ0v) is 12.2. The molecule has 2 atom stereocenters. The third-order valence-electron chi connectivity index (χ3n) is 3.37. The highest BCUT2D eigenvalue weighted by molar-refractivity contribution is 5.53. The minimum absolute atomic E-state index is 0.151. The van der Waals surface area contributed by atoms with E-state index >= 15 is 0 Å². The van der Waals surface area contributed by atoms with Crippen LogP contribution in [0.25, 0.3) is 0 Å². The molecule has 0 saturated heterocycles. The van der Waals surface area contributed by atoms with Crippen LogP contribution in [0.1, 0.15) is 30.4 Å². The van der Waals surface area contributed by atoms with E-state index in [9.17, 15) is 5.11 Å². The SMILES string of the molecule is C[C@@H](NC[C@H](O)c1ccco1)c1ccccc1N(C)C. The Labute approximate surface area is 120 Å². The highest BCUT2D eigenvalue weighted by atomic mass is 16.4. The van der Waals surface area contributed by atoms with Gasteiger partial charge in [0.25, 0.3) is 0 Å². The van der Waals surface area contributed by atoms with Gasteiger partial charge in [0.1, 0.15) is 11.9 Å². The highest BCUT2D eigenvalue weighted by Gasteiger charge is 2.15. The van der Waals surface area contributed by atoms with Crippen molar-refractivity contribution in [3.8, 4) is 0 Å². The lowest BCUT2D eigenvalue weighted by Gasteiger charge is -2.23. The molecule has 1 aromatic carbocycles. The van der Waals surface area contributed by atoms with Gasteiger partial charge in [0.05, 0.1) is 6.26 Å². The van der Waals surface area contributed by atoms with Crippen LogP contribution in [0.2, 0.25) is 0 Å². The summed E-state index contributed by atoms with van der Waals surface area (Å²) in [6.07, 6.45) is 0.947. The number of hydrogen-bond acceptors (Lipinski definition) is 4. The van der Waals surface area contributed by atoms with Gasteiger partial charge in [-0.05, 0) is 30.7 Å². The van der Waals surface area contributed by atoms with Gasteiger partial charge in [0.15, 0.2) is 0 Å². The van der Waals surface area contributed by atoms with Gasteiger partial charge in [0, 0.05) is 32.4 Å². The summed E-state index contributed by atoms with van der Waals surface area (Å²) in [5.74, 6) is 0.589. The van der Waals surface area contributed by atoms with Crippen LogP contribution in [0.3, 0.4) is 0 Å². The van der Waals surface area contributed by atoms with Crippen molar-refractivity contribution >= 4 is 5.69 Å². The molecule has 0 amide bonds. The molecule has 0 aliphatic rings. The maximum absolute atomic E-state index is 10.0. The topological polar surface area (TPSA) is 48.6 Å². The van der Waals surface area contributed by atoms with Gasteiger partial charge in [-0.2, -0.15) is 0 Å². The van der Waals surface area contributed by atoms with Gasteiger partial charge < -0.3 is 19.7 Å². The number of nitrogens with zero attached hydrogens (tertiary/aromatic N) is 1. The standard InChI is InChI=1S/C16H22N2O2/c1-12(13-7-4-5-8-14(13)18(2)3)17-11-15(19)16-9-6-10-20-16/h4-10,12,15,17,19H,11H2,1-3H3/t12-,15+/m1/s1. The van der Waals surface area contributed by atoms with Crippen molar-refractivity contribution in [2.75, 3.05) is 25.5 Å². The van der Waals surface area contributed by atoms with Gasteiger partial charge in [0.2, 0.25) is 0 Å². The Morgan fingerprint density at radius 3 is 2.60 bits per heavy atom. The highest BCUT2D eigenvalue weighted by Crippen LogP contribution is 2.25. The molecule has 4 heteroatoms. The fourth-order valence-corrected chi connectivity index (χ4v) is 2.24. The summed E-state index contributed by atoms with van der Waals surface area (Å²) in [5, 5.41) is 13.4. The van der Waals surface area contributed by atoms with Crippen LogP contribution in [0.15, 0.2) is 47.1 Å². The summed E-state index contributed by atoms with van der Waals surface area (Å²) in [7, 11) is 4.06. The zero-order valence-electron chi connectivity index (χ0n) is 12.2. The summed E-state index contributed by atoms with van der Waals surface area (Å²) in [6, 6.07) is 12.0. The van der Waals surface area contributed by atoms with Crippen molar-refractivity contribution in [3.63, 3.8) is 0 Å². The Morgan fingerprint density at radius 1 is 1.20 bits per heavy atom. The van der Waals surface area contributed by atoms with E-state index in [1.54, 1.807) is 18.4 Å². The number of nitrogens with one attached hydrogen (secondary N) is 1. The van der Waals surface area contributed by atoms with E-state index in [1.165, 1.54) is 11.3 Å². The lowest BCUT2D eigenvalue weighted by molar-refractivity contribution is 0.144. The smallest absolute Gasteiger partial charge is 0.133 e. The molecule has 0 bridgehead atoms. The fraction of sp³-hybridized carbons (Fsp3) is 0.375. The summed E-state index contributed by atoms with van der Waals surface area (Å²) in [4.78, 5) is 2.09. The van der Waals surface area contributed by atoms with Crippen molar-refractivity contribution < 1.29 is 9.52 Å². The summed E-state index contributed by atoms with van der Waals surface area (Å²) >= 11 is 0. The molecule has 0 spiro atoms. The summed E-state index contributed by atoms with van der Waals surface area (Å²) in [6.45, 7) is 2.55. The molecule has 2 rings (SSSR count). The van der Waals surface area contributed by atoms with E-state index in [1.807, 2.05) is 26.2 Å². The first-order valence-corrected chi connectivity index (χ1v) is 6.80. The van der Waals surface area contributed by atoms with Crippen molar-refractivity contribution in [1.82, 2.24) is 5.32 Å². The molecule has 4 nitrogen and oxygen atoms in total. The molecule has 0 radical (unpaired) electrons. The fourth-order valence-electron chi connectivity index (χ4n) is 2.24. The third kappa shape index (κ3) is 3.40. The predicted octanol–water partition coefficient (Wildman–Crippen LogP) is 2.73. The predicted molar refractivity (Wildman–Crippen MR) is 80.9 cm³/mol. The van der Waals surface area contributed by atoms with Crippen molar-refractivity contribution in [1.29, 1.82) is 0 Å². The van der Waals surface area contributed by atoms with E-state index in [-0.39, 0.29) is 6.04 Å². The molecule has 108 valence electrons. The maximum Gasteiger partial charge on any atom is 0.133 e. The number of benzene rings is 1. The Morgan fingerprint density at radius 2 is 1.95 bits per heavy atom. The molecular weight excluding hydrogens is 252 g/mol. The maximum atomic E-state index is 10.0. The van der Waals surface area contributed by atoms with Crippen LogP contribution >= 0.6 is 0 Å². The van der Waals surface area contributed by atoms with Crippen LogP contribution in [-0.4, -0.2) is 25.7 Å². The molecule has 20 heavy (non-hydrogen) atoms. The van der Waals surface area contributed by atoms with E-state index < -0.39 is 6.10 Å². The molecule has 0 aliphatic heterocycles. The Balaban J connectivity index is 2.00. The molecule has 0 aliphatic carbocycles. The Hall–Kier alpha value is -1.78. The summed E-state index contributed by atoms with van der Waals surface area (Å²) in [5.41, 5.74) is 2.39. The van der Waals surface area contributed by atoms with Crippen LogP contribution in [-0.2, 0) is 0 Å². The van der Waals surface area contributed by atoms with E-state index in [0.717, 1.165) is 0 Å². The zero-order chi connectivity index (χ0) is 14.5. The minimum Gasteiger partial charge on any atom is -0.467 e. The number of rotatable bonds is 6. The average Bonchev–Trinajstić information content (AvgIpc) is 2.98. The van der Waals surface area contributed by atoms with Gasteiger partial charge in [-0.1, -0.05) is 18.2 Å². The second-order valence-corrected chi connectivity index (χ2v) is 5.11. The molecule has 0 fully saturated rings. The van der Waals surface area contributed by atoms with E-state index in [0.29, 0.717) is 12.3 Å². The lowest BCUT2D eigenvalue weighted by Crippen LogP contribution is -2.26. The quantitative estimate of drug-likeness (QED) is 0.850. The molecule has 0 saturated carbocycles. The average molecular weight is 274 g/mol. The second-order valence-electron chi connectivity index (χ2n) is 5.11. The first-order valence-electron chi connectivity index (χ1n) is 6.80. The molecule has 1 aromatic heterocycles. The third-order valence-corrected chi connectivity index (χ3v) is 3.37. The largest absolute Gasteiger partial charge is 0.467 e. The monoisotopic (exact) mass is 274 g/mol. The van der Waals surface area contributed by atoms with E-state index in [2.05, 4.69) is 29.3 Å². The normalized spacial score (nSPS) is 14.0. The van der Waals surface area contributed by atoms with Crippen LogP contribution in [0.5, 0.6) is 0 Å². The Bertz CT molecular complexity index is 523. The second kappa shape index (κ2) is 6.59. The minimum atomic E-state index is -0.626. The van der Waals surface area contributed by atoms with Gasteiger partial charge in [-0.15, -0.1) is 0 Å². The molecular formula is C16H22N2O2. The number of furan rings is 1. The molecule has 2 aromatic rings. The first kappa shape index (κ1) is 14.6. The van der Waals surface area contributed by atoms with Gasteiger partial charge in [-0.25, -0.2) is 0 Å². The number of hydrogen-bond donors (Lipinski definition) is 2. The number of para-hydroxylation sites is 1. The van der Waals surface area contributed by atoms with Crippen molar-refractivity contribution in [3.05, 3.63) is 54.0 Å². The number of aliphatic hydroxyl groups excluding tert-OH is 1. The van der Waals surface area contributed by atoms with Gasteiger partial charge >= 0.3 is 0 Å².